The second-order valence-electron chi connectivity index (χ2n) is 5.43. The van der Waals surface area contributed by atoms with Gasteiger partial charge in [-0.2, -0.15) is 5.26 Å². The molecule has 9 heteroatoms. The van der Waals surface area contributed by atoms with E-state index in [1.807, 2.05) is 6.92 Å². The zero-order valence-electron chi connectivity index (χ0n) is 15.1. The van der Waals surface area contributed by atoms with Gasteiger partial charge >= 0.3 is 5.69 Å². The molecular formula is C19H17N3O6. The Bertz CT molecular complexity index is 961. The lowest BCUT2D eigenvalue weighted by atomic mass is 10.1. The molecular weight excluding hydrogens is 366 g/mol. The monoisotopic (exact) mass is 383 g/mol. The maximum atomic E-state index is 12.4. The van der Waals surface area contributed by atoms with E-state index in [1.54, 1.807) is 30.3 Å². The largest absolute Gasteiger partial charge is 0.500 e. The number of carbonyl (C=O) groups is 1. The molecule has 2 aromatic rings. The number of nitriles is 1. The van der Waals surface area contributed by atoms with Crippen molar-refractivity contribution >= 4 is 23.4 Å². The highest BCUT2D eigenvalue weighted by Gasteiger charge is 2.20. The fourth-order valence-electron chi connectivity index (χ4n) is 2.31. The van der Waals surface area contributed by atoms with Crippen molar-refractivity contribution < 1.29 is 24.3 Å². The third-order valence-electron chi connectivity index (χ3n) is 3.59. The molecule has 9 nitrogen and oxygen atoms in total. The molecule has 0 radical (unpaired) electrons. The lowest BCUT2D eigenvalue weighted by molar-refractivity contribution is -0.386. The Morgan fingerprint density at radius 1 is 1.36 bits per heavy atom. The molecule has 0 unspecified atom stereocenters. The first kappa shape index (κ1) is 20.3. The van der Waals surface area contributed by atoms with Gasteiger partial charge in [-0.25, -0.2) is 0 Å². The van der Waals surface area contributed by atoms with Crippen molar-refractivity contribution in [3.63, 3.8) is 0 Å². The number of amides is 1. The van der Waals surface area contributed by atoms with E-state index in [0.29, 0.717) is 18.0 Å². The van der Waals surface area contributed by atoms with Crippen LogP contribution in [0.5, 0.6) is 17.2 Å². The number of nitrogens with zero attached hydrogens (tertiary/aromatic N) is 2. The topological polar surface area (TPSA) is 135 Å². The van der Waals surface area contributed by atoms with Gasteiger partial charge in [0, 0.05) is 11.8 Å². The number of hydrogen-bond donors (Lipinski definition) is 2. The van der Waals surface area contributed by atoms with E-state index in [1.165, 1.54) is 19.3 Å². The number of phenols is 1. The average Bonchev–Trinajstić information content (AvgIpc) is 2.68. The normalized spacial score (nSPS) is 10.7. The summed E-state index contributed by atoms with van der Waals surface area (Å²) in [5, 5.41) is 32.7. The molecule has 2 N–H and O–H groups in total. The van der Waals surface area contributed by atoms with E-state index < -0.39 is 22.3 Å². The fourth-order valence-corrected chi connectivity index (χ4v) is 2.31. The second-order valence-corrected chi connectivity index (χ2v) is 5.43. The summed E-state index contributed by atoms with van der Waals surface area (Å²) in [6, 6.07) is 10.7. The molecule has 1 amide bonds. The van der Waals surface area contributed by atoms with Gasteiger partial charge in [-0.1, -0.05) is 0 Å². The van der Waals surface area contributed by atoms with Crippen LogP contribution >= 0.6 is 0 Å². The van der Waals surface area contributed by atoms with Crippen LogP contribution in [0.1, 0.15) is 12.5 Å². The third-order valence-corrected chi connectivity index (χ3v) is 3.59. The number of anilines is 1. The van der Waals surface area contributed by atoms with E-state index in [9.17, 15) is 25.3 Å². The number of rotatable bonds is 7. The van der Waals surface area contributed by atoms with Crippen molar-refractivity contribution in [2.24, 2.45) is 0 Å². The van der Waals surface area contributed by atoms with Crippen LogP contribution < -0.4 is 14.8 Å². The fraction of sp³-hybridized carbons (Fsp3) is 0.158. The zero-order chi connectivity index (χ0) is 20.7. The smallest absolute Gasteiger partial charge is 0.315 e. The predicted octanol–water partition coefficient (Wildman–Crippen LogP) is 3.25. The number of nitro benzene ring substituents is 1. The number of hydrogen-bond acceptors (Lipinski definition) is 7. The molecule has 0 aliphatic carbocycles. The number of methoxy groups -OCH3 is 1. The summed E-state index contributed by atoms with van der Waals surface area (Å²) in [4.78, 5) is 22.6. The molecule has 0 aromatic heterocycles. The first-order valence-electron chi connectivity index (χ1n) is 8.11. The highest BCUT2D eigenvalue weighted by molar-refractivity contribution is 6.09. The van der Waals surface area contributed by atoms with Gasteiger partial charge in [-0.3, -0.25) is 14.9 Å². The molecule has 0 saturated carbocycles. The minimum absolute atomic E-state index is 0.148. The molecule has 0 saturated heterocycles. The summed E-state index contributed by atoms with van der Waals surface area (Å²) in [5.41, 5.74) is -0.283. The van der Waals surface area contributed by atoms with E-state index >= 15 is 0 Å². The first-order valence-corrected chi connectivity index (χ1v) is 8.11. The number of nitrogens with one attached hydrogen (secondary N) is 1. The standard InChI is InChI=1S/C19H17N3O6/c1-3-28-15-6-4-14(5-7-15)21-19(24)13(11-20)8-12-9-16(22(25)26)18(23)17(10-12)27-2/h4-10,23H,3H2,1-2H3,(H,21,24)/b13-8-. The van der Waals surface area contributed by atoms with Gasteiger partial charge in [-0.05, 0) is 48.9 Å². The minimum Gasteiger partial charge on any atom is -0.500 e. The van der Waals surface area contributed by atoms with Crippen LogP contribution in [0, 0.1) is 21.4 Å². The Labute approximate surface area is 160 Å². The highest BCUT2D eigenvalue weighted by atomic mass is 16.6. The van der Waals surface area contributed by atoms with Crippen molar-refractivity contribution in [1.82, 2.24) is 0 Å². The molecule has 0 fully saturated rings. The maximum absolute atomic E-state index is 12.4. The van der Waals surface area contributed by atoms with Crippen molar-refractivity contribution in [3.8, 4) is 23.3 Å². The van der Waals surface area contributed by atoms with Crippen molar-refractivity contribution in [2.75, 3.05) is 19.0 Å². The summed E-state index contributed by atoms with van der Waals surface area (Å²) in [5.74, 6) is -0.840. The number of benzene rings is 2. The Morgan fingerprint density at radius 2 is 2.04 bits per heavy atom. The number of carbonyl (C=O) groups excluding carboxylic acids is 1. The van der Waals surface area contributed by atoms with Crippen molar-refractivity contribution in [2.45, 2.75) is 6.92 Å². The Hall–Kier alpha value is -4.06. The molecule has 144 valence electrons. The molecule has 0 heterocycles. The highest BCUT2D eigenvalue weighted by Crippen LogP contribution is 2.37. The molecule has 0 atom stereocenters. The van der Waals surface area contributed by atoms with E-state index in [0.717, 1.165) is 6.07 Å². The van der Waals surface area contributed by atoms with Gasteiger partial charge in [-0.15, -0.1) is 0 Å². The lowest BCUT2D eigenvalue weighted by Crippen LogP contribution is -2.13. The van der Waals surface area contributed by atoms with Crippen LogP contribution in [-0.4, -0.2) is 29.7 Å². The van der Waals surface area contributed by atoms with Crippen LogP contribution in [-0.2, 0) is 4.79 Å². The molecule has 0 aliphatic heterocycles. The molecule has 28 heavy (non-hydrogen) atoms. The van der Waals surface area contributed by atoms with Gasteiger partial charge < -0.3 is 19.9 Å². The lowest BCUT2D eigenvalue weighted by Gasteiger charge is -2.07. The van der Waals surface area contributed by atoms with Gasteiger partial charge in [0.15, 0.2) is 5.75 Å². The van der Waals surface area contributed by atoms with Gasteiger partial charge in [0.2, 0.25) is 5.75 Å². The number of ether oxygens (including phenoxy) is 2. The minimum atomic E-state index is -0.790. The Morgan fingerprint density at radius 3 is 2.57 bits per heavy atom. The summed E-state index contributed by atoms with van der Waals surface area (Å²) in [6.45, 7) is 2.36. The van der Waals surface area contributed by atoms with Gasteiger partial charge in [0.05, 0.1) is 18.6 Å². The van der Waals surface area contributed by atoms with Crippen LogP contribution in [0.15, 0.2) is 42.0 Å². The van der Waals surface area contributed by atoms with Crippen LogP contribution in [0.3, 0.4) is 0 Å². The number of nitro groups is 1. The zero-order valence-corrected chi connectivity index (χ0v) is 15.1. The SMILES string of the molecule is CCOc1ccc(NC(=O)/C(C#N)=C\c2cc(OC)c(O)c([N+](=O)[O-])c2)cc1. The van der Waals surface area contributed by atoms with Crippen LogP contribution in [0.4, 0.5) is 11.4 Å². The van der Waals surface area contributed by atoms with Crippen molar-refractivity contribution in [3.05, 3.63) is 57.6 Å². The summed E-state index contributed by atoms with van der Waals surface area (Å²) < 4.78 is 10.2. The molecule has 2 aromatic carbocycles. The van der Waals surface area contributed by atoms with E-state index in [4.69, 9.17) is 9.47 Å². The van der Waals surface area contributed by atoms with Crippen molar-refractivity contribution in [1.29, 1.82) is 5.26 Å². The maximum Gasteiger partial charge on any atom is 0.315 e. The van der Waals surface area contributed by atoms with E-state index in [2.05, 4.69) is 5.32 Å². The second kappa shape index (κ2) is 9.05. The average molecular weight is 383 g/mol. The van der Waals surface area contributed by atoms with Gasteiger partial charge in [0.1, 0.15) is 17.4 Å². The number of aromatic hydroxyl groups is 1. The third kappa shape index (κ3) is 4.76. The number of phenolic OH excluding ortho intramolecular Hbond substituents is 1. The quantitative estimate of drug-likeness (QED) is 0.324. The Balaban J connectivity index is 2.30. The molecule has 2 rings (SSSR count). The van der Waals surface area contributed by atoms with E-state index in [-0.39, 0.29) is 16.9 Å². The molecule has 0 aliphatic rings. The predicted molar refractivity (Wildman–Crippen MR) is 101 cm³/mol. The molecule has 0 bridgehead atoms. The van der Waals surface area contributed by atoms with Crippen LogP contribution in [0.2, 0.25) is 0 Å². The summed E-state index contributed by atoms with van der Waals surface area (Å²) in [7, 11) is 1.23. The molecule has 0 spiro atoms. The van der Waals surface area contributed by atoms with Gasteiger partial charge in [0.25, 0.3) is 5.91 Å². The Kier molecular flexibility index (Phi) is 6.54. The van der Waals surface area contributed by atoms with Crippen LogP contribution in [0.25, 0.3) is 6.08 Å². The first-order chi connectivity index (χ1) is 13.4. The summed E-state index contributed by atoms with van der Waals surface area (Å²) >= 11 is 0. The summed E-state index contributed by atoms with van der Waals surface area (Å²) in [6.07, 6.45) is 1.17.